The molecule has 0 fully saturated rings. The molecule has 0 spiro atoms. The van der Waals surface area contributed by atoms with Crippen LogP contribution in [0.25, 0.3) is 6.08 Å². The standard InChI is InChI=1S/C20H18N2O4S2/c23-27(24,16-15-17-7-3-1-4-8-17)21-19-11-13-20(14-12-19)28(25,26)22-18-9-5-2-6-10-18/h1-16,21-22H/b16-15+. The maximum absolute atomic E-state index is 12.4. The first kappa shape index (κ1) is 19.7. The van der Waals surface area contributed by atoms with Gasteiger partial charge in [-0.2, -0.15) is 0 Å². The molecule has 0 saturated carbocycles. The Morgan fingerprint density at radius 3 is 1.75 bits per heavy atom. The zero-order valence-corrected chi connectivity index (χ0v) is 16.3. The Kier molecular flexibility index (Phi) is 5.81. The van der Waals surface area contributed by atoms with Crippen molar-refractivity contribution in [3.8, 4) is 0 Å². The summed E-state index contributed by atoms with van der Waals surface area (Å²) >= 11 is 0. The van der Waals surface area contributed by atoms with E-state index in [-0.39, 0.29) is 10.6 Å². The second kappa shape index (κ2) is 8.28. The van der Waals surface area contributed by atoms with Gasteiger partial charge in [-0.25, -0.2) is 16.8 Å². The van der Waals surface area contributed by atoms with Crippen molar-refractivity contribution in [2.75, 3.05) is 9.44 Å². The molecular formula is C20H18N2O4S2. The van der Waals surface area contributed by atoms with Gasteiger partial charge < -0.3 is 0 Å². The van der Waals surface area contributed by atoms with Gasteiger partial charge in [-0.1, -0.05) is 48.5 Å². The quantitative estimate of drug-likeness (QED) is 0.613. The summed E-state index contributed by atoms with van der Waals surface area (Å²) in [5.74, 6) is 0. The number of sulfonamides is 2. The van der Waals surface area contributed by atoms with Gasteiger partial charge in [-0.3, -0.25) is 9.44 Å². The van der Waals surface area contributed by atoms with Crippen LogP contribution in [0.1, 0.15) is 5.56 Å². The summed E-state index contributed by atoms with van der Waals surface area (Å²) in [4.78, 5) is 0.0270. The van der Waals surface area contributed by atoms with Crippen molar-refractivity contribution in [2.45, 2.75) is 4.90 Å². The molecule has 0 radical (unpaired) electrons. The summed E-state index contributed by atoms with van der Waals surface area (Å²) in [5, 5.41) is 1.06. The van der Waals surface area contributed by atoms with E-state index < -0.39 is 20.0 Å². The highest BCUT2D eigenvalue weighted by atomic mass is 32.2. The molecule has 3 aromatic carbocycles. The molecule has 0 aliphatic rings. The lowest BCUT2D eigenvalue weighted by Gasteiger charge is -2.09. The van der Waals surface area contributed by atoms with Crippen molar-refractivity contribution in [1.29, 1.82) is 0 Å². The minimum absolute atomic E-state index is 0.0270. The van der Waals surface area contributed by atoms with Crippen LogP contribution < -0.4 is 9.44 Å². The fraction of sp³-hybridized carbons (Fsp3) is 0. The Balaban J connectivity index is 1.71. The first-order chi connectivity index (χ1) is 13.3. The third-order valence-corrected chi connectivity index (χ3v) is 6.10. The zero-order valence-electron chi connectivity index (χ0n) is 14.7. The van der Waals surface area contributed by atoms with Crippen LogP contribution in [-0.2, 0) is 20.0 Å². The molecule has 0 heterocycles. The Morgan fingerprint density at radius 2 is 1.14 bits per heavy atom. The van der Waals surface area contributed by atoms with Crippen LogP contribution in [0.2, 0.25) is 0 Å². The lowest BCUT2D eigenvalue weighted by atomic mass is 10.2. The van der Waals surface area contributed by atoms with Crippen molar-refractivity contribution < 1.29 is 16.8 Å². The van der Waals surface area contributed by atoms with E-state index in [1.807, 2.05) is 18.2 Å². The monoisotopic (exact) mass is 414 g/mol. The van der Waals surface area contributed by atoms with Gasteiger partial charge in [0.2, 0.25) is 0 Å². The molecule has 8 heteroatoms. The zero-order chi connectivity index (χ0) is 20.0. The molecule has 28 heavy (non-hydrogen) atoms. The van der Waals surface area contributed by atoms with Gasteiger partial charge in [-0.15, -0.1) is 0 Å². The van der Waals surface area contributed by atoms with E-state index in [1.165, 1.54) is 30.3 Å². The Labute approximate surface area is 164 Å². The van der Waals surface area contributed by atoms with Crippen LogP contribution in [0.4, 0.5) is 11.4 Å². The number of nitrogens with one attached hydrogen (secondary N) is 2. The van der Waals surface area contributed by atoms with Gasteiger partial charge in [0.25, 0.3) is 20.0 Å². The highest BCUT2D eigenvalue weighted by molar-refractivity contribution is 7.95. The first-order valence-corrected chi connectivity index (χ1v) is 11.3. The van der Waals surface area contributed by atoms with Crippen LogP contribution in [0.3, 0.4) is 0 Å². The fourth-order valence-electron chi connectivity index (χ4n) is 2.35. The lowest BCUT2D eigenvalue weighted by molar-refractivity contribution is 0.601. The highest BCUT2D eigenvalue weighted by Crippen LogP contribution is 2.19. The molecule has 6 nitrogen and oxygen atoms in total. The molecule has 0 amide bonds. The molecule has 144 valence electrons. The number of para-hydroxylation sites is 1. The summed E-state index contributed by atoms with van der Waals surface area (Å²) in [6, 6.07) is 23.0. The van der Waals surface area contributed by atoms with Gasteiger partial charge in [0, 0.05) is 11.4 Å². The van der Waals surface area contributed by atoms with E-state index in [0.29, 0.717) is 5.69 Å². The second-order valence-electron chi connectivity index (χ2n) is 5.86. The molecule has 3 rings (SSSR count). The highest BCUT2D eigenvalue weighted by Gasteiger charge is 2.14. The summed E-state index contributed by atoms with van der Waals surface area (Å²) in [6.07, 6.45) is 1.48. The van der Waals surface area contributed by atoms with E-state index in [1.54, 1.807) is 42.5 Å². The van der Waals surface area contributed by atoms with Gasteiger partial charge in [0.1, 0.15) is 0 Å². The number of hydrogen-bond acceptors (Lipinski definition) is 4. The average molecular weight is 415 g/mol. The number of rotatable bonds is 7. The van der Waals surface area contributed by atoms with Crippen molar-refractivity contribution >= 4 is 37.5 Å². The molecule has 2 N–H and O–H groups in total. The Hall–Kier alpha value is -3.10. The number of benzene rings is 3. The second-order valence-corrected chi connectivity index (χ2v) is 9.11. The van der Waals surface area contributed by atoms with Gasteiger partial charge in [0.15, 0.2) is 0 Å². The minimum Gasteiger partial charge on any atom is -0.280 e. The molecule has 0 aliphatic heterocycles. The molecule has 0 bridgehead atoms. The van der Waals surface area contributed by atoms with Gasteiger partial charge >= 0.3 is 0 Å². The molecule has 0 unspecified atom stereocenters. The van der Waals surface area contributed by atoms with Gasteiger partial charge in [0.05, 0.1) is 10.3 Å². The summed E-state index contributed by atoms with van der Waals surface area (Å²) in [5.41, 5.74) is 1.45. The van der Waals surface area contributed by atoms with Crippen LogP contribution >= 0.6 is 0 Å². The van der Waals surface area contributed by atoms with E-state index in [2.05, 4.69) is 9.44 Å². The van der Waals surface area contributed by atoms with E-state index >= 15 is 0 Å². The lowest BCUT2D eigenvalue weighted by Crippen LogP contribution is -2.13. The van der Waals surface area contributed by atoms with E-state index in [4.69, 9.17) is 0 Å². The fourth-order valence-corrected chi connectivity index (χ4v) is 4.28. The maximum atomic E-state index is 12.4. The molecule has 0 aliphatic carbocycles. The van der Waals surface area contributed by atoms with Crippen LogP contribution in [0, 0.1) is 0 Å². The molecule has 3 aromatic rings. The number of hydrogen-bond donors (Lipinski definition) is 2. The smallest absolute Gasteiger partial charge is 0.261 e. The summed E-state index contributed by atoms with van der Waals surface area (Å²) in [7, 11) is -7.49. The minimum atomic E-state index is -3.76. The molecule has 0 saturated heterocycles. The average Bonchev–Trinajstić information content (AvgIpc) is 2.68. The van der Waals surface area contributed by atoms with Crippen LogP contribution in [0.5, 0.6) is 0 Å². The van der Waals surface area contributed by atoms with Crippen LogP contribution in [-0.4, -0.2) is 16.8 Å². The Morgan fingerprint density at radius 1 is 0.607 bits per heavy atom. The van der Waals surface area contributed by atoms with E-state index in [9.17, 15) is 16.8 Å². The van der Waals surface area contributed by atoms with E-state index in [0.717, 1.165) is 11.0 Å². The van der Waals surface area contributed by atoms with Crippen LogP contribution in [0.15, 0.2) is 95.2 Å². The predicted octanol–water partition coefficient (Wildman–Crippen LogP) is 3.90. The maximum Gasteiger partial charge on any atom is 0.261 e. The largest absolute Gasteiger partial charge is 0.280 e. The van der Waals surface area contributed by atoms with Gasteiger partial charge in [-0.05, 0) is 48.0 Å². The third kappa shape index (κ3) is 5.45. The predicted molar refractivity (Wildman–Crippen MR) is 112 cm³/mol. The van der Waals surface area contributed by atoms with Crippen molar-refractivity contribution in [1.82, 2.24) is 0 Å². The first-order valence-electron chi connectivity index (χ1n) is 8.28. The summed E-state index contributed by atoms with van der Waals surface area (Å²) in [6.45, 7) is 0. The van der Waals surface area contributed by atoms with Crippen molar-refractivity contribution in [3.05, 3.63) is 95.9 Å². The van der Waals surface area contributed by atoms with Crippen molar-refractivity contribution in [2.24, 2.45) is 0 Å². The number of anilines is 2. The third-order valence-electron chi connectivity index (χ3n) is 3.69. The Bertz CT molecular complexity index is 1160. The molecular weight excluding hydrogens is 396 g/mol. The topological polar surface area (TPSA) is 92.3 Å². The normalized spacial score (nSPS) is 12.0. The SMILES string of the molecule is O=S(=O)(/C=C/c1ccccc1)Nc1ccc(S(=O)(=O)Nc2ccccc2)cc1. The summed E-state index contributed by atoms with van der Waals surface area (Å²) < 4.78 is 54.0. The molecule has 0 aromatic heterocycles. The molecule has 0 atom stereocenters. The van der Waals surface area contributed by atoms with Crippen molar-refractivity contribution in [3.63, 3.8) is 0 Å².